The number of aliphatic hydroxyl groups excluding tert-OH is 1. The molecule has 0 bridgehead atoms. The molecule has 2 aromatic rings. The molecule has 2 N–H and O–H groups in total. The van der Waals surface area contributed by atoms with Crippen LogP contribution in [0.15, 0.2) is 29.2 Å². The van der Waals surface area contributed by atoms with Gasteiger partial charge in [0.2, 0.25) is 5.91 Å². The molecule has 1 fully saturated rings. The fourth-order valence-electron chi connectivity index (χ4n) is 6.12. The molecule has 1 aromatic heterocycles. The molecule has 36 heavy (non-hydrogen) atoms. The lowest BCUT2D eigenvalue weighted by atomic mass is 9.53. The molecule has 1 saturated carbocycles. The van der Waals surface area contributed by atoms with Crippen LogP contribution in [0.2, 0.25) is 5.02 Å². The monoisotopic (exact) mass is 549 g/mol. The van der Waals surface area contributed by atoms with Crippen LogP contribution in [0.4, 0.5) is 5.13 Å². The number of hydrogen-bond donors (Lipinski definition) is 2. The highest BCUT2D eigenvalue weighted by Gasteiger charge is 2.54. The number of terminal acetylenes is 1. The molecule has 2 aliphatic carbocycles. The molecule has 0 aliphatic heterocycles. The first kappa shape index (κ1) is 26.9. The van der Waals surface area contributed by atoms with Gasteiger partial charge in [0.25, 0.3) is 10.0 Å². The van der Waals surface area contributed by atoms with E-state index in [0.717, 1.165) is 23.4 Å². The van der Waals surface area contributed by atoms with E-state index in [4.69, 9.17) is 18.0 Å². The molecule has 1 heterocycles. The van der Waals surface area contributed by atoms with Crippen molar-refractivity contribution in [1.82, 2.24) is 9.88 Å². The van der Waals surface area contributed by atoms with Crippen LogP contribution in [0.3, 0.4) is 0 Å². The predicted octanol–water partition coefficient (Wildman–Crippen LogP) is 4.38. The summed E-state index contributed by atoms with van der Waals surface area (Å²) in [5.74, 6) is 1.72. The second kappa shape index (κ2) is 9.97. The first-order chi connectivity index (χ1) is 16.9. The van der Waals surface area contributed by atoms with Crippen molar-refractivity contribution in [3.8, 4) is 12.3 Å². The van der Waals surface area contributed by atoms with Crippen molar-refractivity contribution in [1.29, 1.82) is 0 Å². The zero-order chi connectivity index (χ0) is 26.4. The molecule has 7 nitrogen and oxygen atoms in total. The number of hydrogen-bond acceptors (Lipinski definition) is 6. The Morgan fingerprint density at radius 1 is 1.42 bits per heavy atom. The molecule has 1 aromatic carbocycles. The highest BCUT2D eigenvalue weighted by Crippen LogP contribution is 2.57. The van der Waals surface area contributed by atoms with Crippen LogP contribution < -0.4 is 4.72 Å². The van der Waals surface area contributed by atoms with Crippen LogP contribution in [0.5, 0.6) is 0 Å². The number of carbonyl (C=O) groups excluding carboxylic acids is 1. The molecule has 0 radical (unpaired) electrons. The Morgan fingerprint density at radius 2 is 2.08 bits per heavy atom. The highest BCUT2D eigenvalue weighted by molar-refractivity contribution is 7.93. The van der Waals surface area contributed by atoms with E-state index in [2.05, 4.69) is 22.6 Å². The van der Waals surface area contributed by atoms with E-state index in [1.54, 1.807) is 7.05 Å². The average Bonchev–Trinajstić information content (AvgIpc) is 3.19. The third-order valence-corrected chi connectivity index (χ3v) is 10.7. The van der Waals surface area contributed by atoms with Gasteiger partial charge in [0.05, 0.1) is 23.2 Å². The second-order valence-electron chi connectivity index (χ2n) is 10.4. The first-order valence-electron chi connectivity index (χ1n) is 12.0. The number of aromatic nitrogens is 1. The number of anilines is 1. The molecule has 1 amide bonds. The van der Waals surface area contributed by atoms with Crippen molar-refractivity contribution in [3.63, 3.8) is 0 Å². The van der Waals surface area contributed by atoms with Gasteiger partial charge in [0.15, 0.2) is 5.13 Å². The van der Waals surface area contributed by atoms with E-state index < -0.39 is 16.1 Å². The fourth-order valence-corrected chi connectivity index (χ4v) is 8.75. The summed E-state index contributed by atoms with van der Waals surface area (Å²) in [4.78, 5) is 20.3. The smallest absolute Gasteiger partial charge is 0.263 e. The minimum atomic E-state index is -3.81. The summed E-state index contributed by atoms with van der Waals surface area (Å²) >= 11 is 7.25. The molecule has 0 spiro atoms. The van der Waals surface area contributed by atoms with Gasteiger partial charge >= 0.3 is 0 Å². The number of nitrogens with zero attached hydrogens (tertiary/aromatic N) is 2. The maximum Gasteiger partial charge on any atom is 0.263 e. The molecule has 194 valence electrons. The van der Waals surface area contributed by atoms with Gasteiger partial charge in [0.1, 0.15) is 0 Å². The topological polar surface area (TPSA) is 99.6 Å². The van der Waals surface area contributed by atoms with Gasteiger partial charge in [-0.05, 0) is 60.8 Å². The number of fused-ring (bicyclic) bond motifs is 2. The van der Waals surface area contributed by atoms with E-state index in [1.165, 1.54) is 40.5 Å². The van der Waals surface area contributed by atoms with Gasteiger partial charge in [-0.1, -0.05) is 38.3 Å². The van der Waals surface area contributed by atoms with E-state index in [0.29, 0.717) is 16.6 Å². The van der Waals surface area contributed by atoms with Crippen LogP contribution in [0.25, 0.3) is 0 Å². The molecule has 10 heteroatoms. The Hall–Kier alpha value is -2.12. The Labute approximate surface area is 222 Å². The van der Waals surface area contributed by atoms with Gasteiger partial charge in [0, 0.05) is 28.8 Å². The molecule has 2 aliphatic rings. The first-order valence-corrected chi connectivity index (χ1v) is 14.7. The Bertz CT molecular complexity index is 1290. The lowest BCUT2D eigenvalue weighted by molar-refractivity contribution is -0.142. The van der Waals surface area contributed by atoms with Gasteiger partial charge in [-0.3, -0.25) is 9.52 Å². The minimum absolute atomic E-state index is 0.0581. The SMILES string of the molecule is C#CCN(C)C(=O)[C@@H](C)[C@H]1CC[C@@]2(C)Cc3sc(NS(=O)(=O)c4ccc(Cl)cc4)nc3[C@@H](C)[C@@H]2[C@H]1O. The average molecular weight is 550 g/mol. The number of benzene rings is 1. The summed E-state index contributed by atoms with van der Waals surface area (Å²) < 4.78 is 28.4. The van der Waals surface area contributed by atoms with Crippen LogP contribution in [-0.2, 0) is 21.2 Å². The van der Waals surface area contributed by atoms with Crippen LogP contribution >= 0.6 is 22.9 Å². The van der Waals surface area contributed by atoms with Gasteiger partial charge in [-0.2, -0.15) is 0 Å². The van der Waals surface area contributed by atoms with Crippen molar-refractivity contribution in [2.75, 3.05) is 18.3 Å². The fraction of sp³-hybridized carbons (Fsp3) is 0.538. The highest BCUT2D eigenvalue weighted by atomic mass is 35.5. The standard InChI is InChI=1S/C26H32ClN3O4S2/c1-6-13-30(5)24(32)15(2)19-11-12-26(4)14-20-22(16(3)21(26)23(19)31)28-25(35-20)29-36(33,34)18-9-7-17(27)8-10-18/h1,7-10,15-16,19,21,23,31H,11-14H2,2-5H3,(H,28,29)/t15-,16-,19+,21+,23-,26-/m0/s1. The maximum atomic E-state index is 12.9. The second-order valence-corrected chi connectivity index (χ2v) is 13.6. The number of thiazole rings is 1. The lowest BCUT2D eigenvalue weighted by Gasteiger charge is -2.53. The number of rotatable bonds is 6. The summed E-state index contributed by atoms with van der Waals surface area (Å²) in [5.41, 5.74) is 0.647. The normalized spacial score (nSPS) is 28.4. The van der Waals surface area contributed by atoms with E-state index in [9.17, 15) is 18.3 Å². The number of carbonyl (C=O) groups is 1. The minimum Gasteiger partial charge on any atom is -0.392 e. The Kier molecular flexibility index (Phi) is 7.46. The van der Waals surface area contributed by atoms with Gasteiger partial charge < -0.3 is 10.0 Å². The molecule has 6 atom stereocenters. The van der Waals surface area contributed by atoms with Crippen LogP contribution in [0.1, 0.15) is 50.1 Å². The van der Waals surface area contributed by atoms with Crippen molar-refractivity contribution in [2.24, 2.45) is 23.2 Å². The Morgan fingerprint density at radius 3 is 2.72 bits per heavy atom. The molecular formula is C26H32ClN3O4S2. The number of aliphatic hydroxyl groups is 1. The van der Waals surface area contributed by atoms with Crippen molar-refractivity contribution < 1.29 is 18.3 Å². The predicted molar refractivity (Wildman–Crippen MR) is 142 cm³/mol. The zero-order valence-electron chi connectivity index (χ0n) is 20.9. The van der Waals surface area contributed by atoms with Crippen molar-refractivity contribution in [3.05, 3.63) is 39.9 Å². The van der Waals surface area contributed by atoms with Gasteiger partial charge in [-0.15, -0.1) is 17.8 Å². The third kappa shape index (κ3) is 4.89. The van der Waals surface area contributed by atoms with Gasteiger partial charge in [-0.25, -0.2) is 13.4 Å². The molecular weight excluding hydrogens is 518 g/mol. The molecule has 0 unspecified atom stereocenters. The molecule has 4 rings (SSSR count). The number of nitrogens with one attached hydrogen (secondary N) is 1. The summed E-state index contributed by atoms with van der Waals surface area (Å²) in [6.45, 7) is 6.34. The summed E-state index contributed by atoms with van der Waals surface area (Å²) in [6, 6.07) is 5.97. The number of halogens is 1. The van der Waals surface area contributed by atoms with E-state index >= 15 is 0 Å². The Balaban J connectivity index is 1.58. The maximum absolute atomic E-state index is 12.9. The third-order valence-electron chi connectivity index (χ3n) is 8.00. The van der Waals surface area contributed by atoms with Crippen LogP contribution in [-0.4, -0.2) is 49.0 Å². The van der Waals surface area contributed by atoms with E-state index in [-0.39, 0.29) is 46.4 Å². The summed E-state index contributed by atoms with van der Waals surface area (Å²) in [7, 11) is -2.12. The number of sulfonamides is 1. The zero-order valence-corrected chi connectivity index (χ0v) is 23.3. The van der Waals surface area contributed by atoms with Crippen molar-refractivity contribution >= 4 is 44.0 Å². The lowest BCUT2D eigenvalue weighted by Crippen LogP contribution is -2.53. The number of amides is 1. The quantitative estimate of drug-likeness (QED) is 0.521. The van der Waals surface area contributed by atoms with E-state index in [1.807, 2.05) is 13.8 Å². The largest absolute Gasteiger partial charge is 0.392 e. The van der Waals surface area contributed by atoms with Crippen LogP contribution in [0, 0.1) is 35.5 Å². The summed E-state index contributed by atoms with van der Waals surface area (Å²) in [5, 5.41) is 12.3. The molecule has 0 saturated heterocycles. The summed E-state index contributed by atoms with van der Waals surface area (Å²) in [6.07, 6.45) is 7.01. The van der Waals surface area contributed by atoms with Crippen molar-refractivity contribution in [2.45, 2.75) is 57.0 Å².